The fourth-order valence-corrected chi connectivity index (χ4v) is 1.21. The summed E-state index contributed by atoms with van der Waals surface area (Å²) < 4.78 is 0. The van der Waals surface area contributed by atoms with Crippen LogP contribution in [0.5, 0.6) is 0 Å². The average Bonchev–Trinajstić information content (AvgIpc) is 2.18. The third-order valence-electron chi connectivity index (χ3n) is 2.53. The second-order valence-corrected chi connectivity index (χ2v) is 3.72. The van der Waals surface area contributed by atoms with Crippen LogP contribution in [0.3, 0.4) is 0 Å². The van der Waals surface area contributed by atoms with Crippen molar-refractivity contribution in [1.29, 1.82) is 0 Å². The fraction of sp³-hybridized carbons (Fsp3) is 0.900. The van der Waals surface area contributed by atoms with Gasteiger partial charge in [-0.25, -0.2) is 4.79 Å². The van der Waals surface area contributed by atoms with E-state index in [-0.39, 0.29) is 11.6 Å². The van der Waals surface area contributed by atoms with Gasteiger partial charge in [-0.2, -0.15) is 0 Å². The van der Waals surface area contributed by atoms with Crippen LogP contribution >= 0.6 is 0 Å². The summed E-state index contributed by atoms with van der Waals surface area (Å²) in [6, 6.07) is -0.106. The topological polar surface area (TPSA) is 53.2 Å². The first kappa shape index (κ1) is 13.2. The van der Waals surface area contributed by atoms with E-state index in [1.54, 1.807) is 7.05 Å². The lowest BCUT2D eigenvalue weighted by Gasteiger charge is -2.29. The van der Waals surface area contributed by atoms with Crippen LogP contribution in [0, 0.1) is 0 Å². The highest BCUT2D eigenvalue weighted by Gasteiger charge is 2.22. The lowest BCUT2D eigenvalue weighted by Crippen LogP contribution is -2.50. The van der Waals surface area contributed by atoms with Crippen LogP contribution in [0.25, 0.3) is 0 Å². The molecule has 1 atom stereocenters. The summed E-state index contributed by atoms with van der Waals surface area (Å²) in [5.74, 6) is 0. The van der Waals surface area contributed by atoms with Gasteiger partial charge in [0.25, 0.3) is 0 Å². The lowest BCUT2D eigenvalue weighted by atomic mass is 9.94. The molecule has 1 unspecified atom stereocenters. The third kappa shape index (κ3) is 5.07. The molecular formula is C10H23N3O. The Kier molecular flexibility index (Phi) is 6.28. The minimum Gasteiger partial charge on any atom is -0.341 e. The molecule has 14 heavy (non-hydrogen) atoms. The van der Waals surface area contributed by atoms with Crippen molar-refractivity contribution in [2.45, 2.75) is 39.2 Å². The summed E-state index contributed by atoms with van der Waals surface area (Å²) in [7, 11) is 1.63. The Labute approximate surface area is 86.8 Å². The van der Waals surface area contributed by atoms with Gasteiger partial charge < -0.3 is 16.0 Å². The van der Waals surface area contributed by atoms with E-state index in [9.17, 15) is 4.79 Å². The van der Waals surface area contributed by atoms with Crippen molar-refractivity contribution in [3.05, 3.63) is 0 Å². The lowest BCUT2D eigenvalue weighted by molar-refractivity contribution is 0.225. The summed E-state index contributed by atoms with van der Waals surface area (Å²) in [5, 5.41) is 8.79. The summed E-state index contributed by atoms with van der Waals surface area (Å²) in [4.78, 5) is 11.2. The summed E-state index contributed by atoms with van der Waals surface area (Å²) in [6.45, 7) is 8.14. The van der Waals surface area contributed by atoms with Crippen molar-refractivity contribution < 1.29 is 4.79 Å². The maximum Gasteiger partial charge on any atom is 0.314 e. The highest BCUT2D eigenvalue weighted by atomic mass is 16.2. The normalized spacial score (nSPS) is 14.6. The van der Waals surface area contributed by atoms with Gasteiger partial charge in [-0.15, -0.1) is 0 Å². The van der Waals surface area contributed by atoms with Gasteiger partial charge in [0, 0.05) is 12.6 Å². The molecule has 84 valence electrons. The van der Waals surface area contributed by atoms with Gasteiger partial charge in [0.05, 0.1) is 0 Å². The molecule has 4 nitrogen and oxygen atoms in total. The van der Waals surface area contributed by atoms with E-state index in [1.165, 1.54) is 0 Å². The van der Waals surface area contributed by atoms with E-state index in [2.05, 4.69) is 36.7 Å². The monoisotopic (exact) mass is 201 g/mol. The van der Waals surface area contributed by atoms with E-state index in [0.717, 1.165) is 25.9 Å². The SMILES string of the molecule is CCNCCC(C)(CC)NC(=O)NC. The minimum atomic E-state index is -0.109. The molecule has 3 N–H and O–H groups in total. The van der Waals surface area contributed by atoms with E-state index in [4.69, 9.17) is 0 Å². The molecule has 0 heterocycles. The van der Waals surface area contributed by atoms with Crippen LogP contribution in [0.15, 0.2) is 0 Å². The molecule has 0 fully saturated rings. The zero-order valence-electron chi connectivity index (χ0n) is 9.74. The summed E-state index contributed by atoms with van der Waals surface area (Å²) in [5.41, 5.74) is -0.109. The molecule has 4 heteroatoms. The number of hydrogen-bond acceptors (Lipinski definition) is 2. The molecule has 2 amide bonds. The van der Waals surface area contributed by atoms with Crippen LogP contribution in [-0.2, 0) is 0 Å². The predicted octanol–water partition coefficient (Wildman–Crippen LogP) is 1.08. The van der Waals surface area contributed by atoms with Gasteiger partial charge in [0.2, 0.25) is 0 Å². The number of amides is 2. The zero-order valence-corrected chi connectivity index (χ0v) is 9.74. The molecule has 0 radical (unpaired) electrons. The molecule has 0 aliphatic rings. The largest absolute Gasteiger partial charge is 0.341 e. The zero-order chi connectivity index (χ0) is 11.0. The third-order valence-corrected chi connectivity index (χ3v) is 2.53. The Balaban J connectivity index is 3.97. The maximum atomic E-state index is 11.2. The van der Waals surface area contributed by atoms with Crippen molar-refractivity contribution in [1.82, 2.24) is 16.0 Å². The molecular weight excluding hydrogens is 178 g/mol. The van der Waals surface area contributed by atoms with E-state index < -0.39 is 0 Å². The molecule has 0 spiro atoms. The van der Waals surface area contributed by atoms with Crippen molar-refractivity contribution in [3.8, 4) is 0 Å². The number of carbonyl (C=O) groups excluding carboxylic acids is 1. The number of nitrogens with one attached hydrogen (secondary N) is 3. The first-order valence-electron chi connectivity index (χ1n) is 5.28. The first-order valence-corrected chi connectivity index (χ1v) is 5.28. The Morgan fingerprint density at radius 3 is 2.43 bits per heavy atom. The quantitative estimate of drug-likeness (QED) is 0.563. The Bertz CT molecular complexity index is 173. The van der Waals surface area contributed by atoms with E-state index in [0.29, 0.717) is 0 Å². The van der Waals surface area contributed by atoms with Crippen LogP contribution in [-0.4, -0.2) is 31.7 Å². The Morgan fingerprint density at radius 1 is 1.36 bits per heavy atom. The van der Waals surface area contributed by atoms with Crippen molar-refractivity contribution in [2.75, 3.05) is 20.1 Å². The number of rotatable bonds is 6. The van der Waals surface area contributed by atoms with E-state index >= 15 is 0 Å². The van der Waals surface area contributed by atoms with Gasteiger partial charge >= 0.3 is 6.03 Å². The van der Waals surface area contributed by atoms with Crippen molar-refractivity contribution in [3.63, 3.8) is 0 Å². The summed E-state index contributed by atoms with van der Waals surface area (Å²) >= 11 is 0. The number of hydrogen-bond donors (Lipinski definition) is 3. The average molecular weight is 201 g/mol. The number of carbonyl (C=O) groups is 1. The molecule has 0 saturated carbocycles. The molecule has 0 aliphatic carbocycles. The molecule has 0 aliphatic heterocycles. The molecule has 0 aromatic heterocycles. The van der Waals surface area contributed by atoms with Gasteiger partial charge in [-0.1, -0.05) is 13.8 Å². The summed E-state index contributed by atoms with van der Waals surface area (Å²) in [6.07, 6.45) is 1.89. The highest BCUT2D eigenvalue weighted by Crippen LogP contribution is 2.13. The molecule has 0 saturated heterocycles. The van der Waals surface area contributed by atoms with Gasteiger partial charge in [0.15, 0.2) is 0 Å². The Morgan fingerprint density at radius 2 is 2.00 bits per heavy atom. The van der Waals surface area contributed by atoms with Crippen LogP contribution < -0.4 is 16.0 Å². The van der Waals surface area contributed by atoms with E-state index in [1.807, 2.05) is 0 Å². The highest BCUT2D eigenvalue weighted by molar-refractivity contribution is 5.74. The second kappa shape index (κ2) is 6.65. The fourth-order valence-electron chi connectivity index (χ4n) is 1.21. The molecule has 0 aromatic rings. The van der Waals surface area contributed by atoms with Crippen LogP contribution in [0.1, 0.15) is 33.6 Å². The van der Waals surface area contributed by atoms with Crippen molar-refractivity contribution in [2.24, 2.45) is 0 Å². The van der Waals surface area contributed by atoms with Gasteiger partial charge in [-0.05, 0) is 32.9 Å². The van der Waals surface area contributed by atoms with Gasteiger partial charge in [0.1, 0.15) is 0 Å². The molecule has 0 aromatic carbocycles. The maximum absolute atomic E-state index is 11.2. The van der Waals surface area contributed by atoms with Crippen molar-refractivity contribution >= 4 is 6.03 Å². The molecule has 0 bridgehead atoms. The second-order valence-electron chi connectivity index (χ2n) is 3.72. The minimum absolute atomic E-state index is 0.106. The van der Waals surface area contributed by atoms with Crippen LogP contribution in [0.4, 0.5) is 4.79 Å². The molecule has 0 rings (SSSR count). The standard InChI is InChI=1S/C10H23N3O/c1-5-10(3,7-8-12-6-2)13-9(14)11-4/h12H,5-8H2,1-4H3,(H2,11,13,14). The number of urea groups is 1. The Hall–Kier alpha value is -0.770. The van der Waals surface area contributed by atoms with Gasteiger partial charge in [-0.3, -0.25) is 0 Å². The smallest absolute Gasteiger partial charge is 0.314 e. The first-order chi connectivity index (χ1) is 6.58. The predicted molar refractivity (Wildman–Crippen MR) is 59.4 cm³/mol. The van der Waals surface area contributed by atoms with Crippen LogP contribution in [0.2, 0.25) is 0 Å².